The lowest BCUT2D eigenvalue weighted by Gasteiger charge is -2.13. The Morgan fingerprint density at radius 1 is 1.03 bits per heavy atom. The summed E-state index contributed by atoms with van der Waals surface area (Å²) in [7, 11) is 4.07. The Bertz CT molecular complexity index is 1670. The molecule has 3 heterocycles. The number of hydrogen-bond acceptors (Lipinski definition) is 8. The third kappa shape index (κ3) is 3.30. The third-order valence-corrected chi connectivity index (χ3v) is 6.02. The highest BCUT2D eigenvalue weighted by Gasteiger charge is 2.26. The predicted octanol–water partition coefficient (Wildman–Crippen LogP) is 4.95. The second-order valence-electron chi connectivity index (χ2n) is 7.83. The summed E-state index contributed by atoms with van der Waals surface area (Å²) in [4.78, 5) is 36.4. The largest absolute Gasteiger partial charge is 0.496 e. The summed E-state index contributed by atoms with van der Waals surface area (Å²) >= 11 is 0. The Balaban J connectivity index is 1.90. The van der Waals surface area contributed by atoms with E-state index in [1.54, 1.807) is 12.1 Å². The molecule has 0 radical (unpaired) electrons. The van der Waals surface area contributed by atoms with Crippen LogP contribution in [-0.4, -0.2) is 47.2 Å². The van der Waals surface area contributed by atoms with Crippen molar-refractivity contribution >= 4 is 44.4 Å². The van der Waals surface area contributed by atoms with Crippen LogP contribution in [-0.2, 0) is 4.74 Å². The Labute approximate surface area is 198 Å². The number of carbonyl (C=O) groups excluding carboxylic acids is 1. The van der Waals surface area contributed by atoms with E-state index in [1.165, 1.54) is 27.4 Å². The van der Waals surface area contributed by atoms with Crippen LogP contribution in [0.25, 0.3) is 44.1 Å². The van der Waals surface area contributed by atoms with Gasteiger partial charge in [0.2, 0.25) is 5.75 Å². The maximum atomic E-state index is 12.6. The monoisotopic (exact) mass is 472 g/mol. The number of hydrogen-bond donors (Lipinski definition) is 1. The number of ether oxygens (including phenoxy) is 3. The van der Waals surface area contributed by atoms with Crippen LogP contribution in [0.2, 0.25) is 0 Å². The van der Waals surface area contributed by atoms with Crippen molar-refractivity contribution in [3.63, 3.8) is 0 Å². The van der Waals surface area contributed by atoms with Crippen molar-refractivity contribution in [2.75, 3.05) is 21.3 Å². The summed E-state index contributed by atoms with van der Waals surface area (Å²) in [5.41, 5.74) is 3.13. The number of methoxy groups -OCH3 is 3. The maximum Gasteiger partial charge on any atom is 0.356 e. The van der Waals surface area contributed by atoms with E-state index in [0.717, 1.165) is 16.3 Å². The fraction of sp³-hybridized carbons (Fsp3) is 0.160. The molecule has 0 bridgehead atoms. The number of para-hydroxylation sites is 1. The predicted molar refractivity (Wildman–Crippen MR) is 130 cm³/mol. The highest BCUT2D eigenvalue weighted by atomic mass is 16.6. The number of aryl methyl sites for hydroxylation is 1. The minimum absolute atomic E-state index is 0.000781. The van der Waals surface area contributed by atoms with Crippen LogP contribution in [0.1, 0.15) is 16.1 Å². The van der Waals surface area contributed by atoms with Gasteiger partial charge in [-0.15, -0.1) is 0 Å². The Kier molecular flexibility index (Phi) is 5.20. The summed E-state index contributed by atoms with van der Waals surface area (Å²) in [5.74, 6) is -0.290. The zero-order valence-electron chi connectivity index (χ0n) is 19.3. The maximum absolute atomic E-state index is 12.6. The molecule has 5 aromatic rings. The second-order valence-corrected chi connectivity index (χ2v) is 7.83. The van der Waals surface area contributed by atoms with Crippen LogP contribution < -0.4 is 9.47 Å². The highest BCUT2D eigenvalue weighted by molar-refractivity contribution is 6.14. The molecule has 35 heavy (non-hydrogen) atoms. The Hall–Kier alpha value is -4.73. The molecule has 176 valence electrons. The van der Waals surface area contributed by atoms with Gasteiger partial charge in [-0.25, -0.2) is 14.8 Å². The fourth-order valence-corrected chi connectivity index (χ4v) is 4.42. The van der Waals surface area contributed by atoms with Gasteiger partial charge in [-0.05, 0) is 30.7 Å². The number of carbonyl (C=O) groups is 1. The number of pyridine rings is 2. The minimum atomic E-state index is -0.577. The number of rotatable bonds is 5. The first-order valence-corrected chi connectivity index (χ1v) is 10.6. The van der Waals surface area contributed by atoms with Crippen molar-refractivity contribution in [1.82, 2.24) is 15.0 Å². The number of nitro groups is 1. The number of benzene rings is 2. The molecule has 0 saturated heterocycles. The fourth-order valence-electron chi connectivity index (χ4n) is 4.42. The van der Waals surface area contributed by atoms with E-state index in [1.807, 2.05) is 31.2 Å². The lowest BCUT2D eigenvalue weighted by Crippen LogP contribution is -2.09. The third-order valence-electron chi connectivity index (χ3n) is 6.02. The van der Waals surface area contributed by atoms with Gasteiger partial charge in [0.1, 0.15) is 17.0 Å². The summed E-state index contributed by atoms with van der Waals surface area (Å²) in [5, 5.41) is 14.0. The number of nitrogens with zero attached hydrogens (tertiary/aromatic N) is 3. The molecule has 0 aliphatic carbocycles. The van der Waals surface area contributed by atoms with Crippen molar-refractivity contribution in [1.29, 1.82) is 0 Å². The van der Waals surface area contributed by atoms with Gasteiger partial charge in [0.15, 0.2) is 5.69 Å². The van der Waals surface area contributed by atoms with Crippen LogP contribution in [0.3, 0.4) is 0 Å². The van der Waals surface area contributed by atoms with Crippen LogP contribution in [0.5, 0.6) is 11.5 Å². The zero-order chi connectivity index (χ0) is 24.9. The quantitative estimate of drug-likeness (QED) is 0.216. The first-order valence-electron chi connectivity index (χ1n) is 10.6. The molecule has 0 fully saturated rings. The van der Waals surface area contributed by atoms with Gasteiger partial charge in [-0.1, -0.05) is 18.2 Å². The lowest BCUT2D eigenvalue weighted by atomic mass is 10.0. The van der Waals surface area contributed by atoms with Crippen molar-refractivity contribution < 1.29 is 23.9 Å². The molecule has 10 heteroatoms. The first-order chi connectivity index (χ1) is 16.9. The summed E-state index contributed by atoms with van der Waals surface area (Å²) in [6.45, 7) is 1.82. The normalized spacial score (nSPS) is 11.2. The molecule has 0 atom stereocenters. The van der Waals surface area contributed by atoms with E-state index in [0.29, 0.717) is 27.9 Å². The number of nitrogens with one attached hydrogen (secondary N) is 1. The van der Waals surface area contributed by atoms with Crippen LogP contribution in [0, 0.1) is 17.0 Å². The average Bonchev–Trinajstić information content (AvgIpc) is 3.27. The van der Waals surface area contributed by atoms with Crippen molar-refractivity contribution in [2.45, 2.75) is 6.92 Å². The topological polar surface area (TPSA) is 129 Å². The van der Waals surface area contributed by atoms with Crippen LogP contribution in [0.4, 0.5) is 5.69 Å². The van der Waals surface area contributed by atoms with Crippen molar-refractivity contribution in [3.05, 3.63) is 63.8 Å². The molecule has 0 amide bonds. The lowest BCUT2D eigenvalue weighted by molar-refractivity contribution is -0.385. The minimum Gasteiger partial charge on any atom is -0.496 e. The van der Waals surface area contributed by atoms with Gasteiger partial charge in [0.25, 0.3) is 0 Å². The molecule has 0 saturated carbocycles. The van der Waals surface area contributed by atoms with Gasteiger partial charge in [-0.3, -0.25) is 10.1 Å². The number of nitro benzene ring substituents is 1. The number of aromatic nitrogens is 3. The molecule has 0 aliphatic rings. The van der Waals surface area contributed by atoms with E-state index in [2.05, 4.69) is 9.97 Å². The van der Waals surface area contributed by atoms with E-state index < -0.39 is 10.9 Å². The zero-order valence-corrected chi connectivity index (χ0v) is 19.3. The molecule has 0 unspecified atom stereocenters. The molecule has 5 rings (SSSR count). The molecular formula is C25H20N4O6. The van der Waals surface area contributed by atoms with Crippen LogP contribution in [0.15, 0.2) is 42.5 Å². The Morgan fingerprint density at radius 3 is 2.49 bits per heavy atom. The van der Waals surface area contributed by atoms with E-state index in [4.69, 9.17) is 19.2 Å². The molecule has 10 nitrogen and oxygen atoms in total. The molecule has 3 aromatic heterocycles. The molecule has 0 spiro atoms. The van der Waals surface area contributed by atoms with E-state index in [9.17, 15) is 14.9 Å². The summed E-state index contributed by atoms with van der Waals surface area (Å²) in [6, 6.07) is 12.5. The number of esters is 1. The SMILES string of the molecule is COC(=O)c1nc(-c2ccc3c(OC)cc([N+](=O)[O-])c(OC)c3n2)c2[nH]c3ccccc3c2c1C. The van der Waals surface area contributed by atoms with Crippen molar-refractivity contribution in [2.24, 2.45) is 0 Å². The van der Waals surface area contributed by atoms with Gasteiger partial charge in [0, 0.05) is 21.7 Å². The number of H-pyrrole nitrogens is 1. The van der Waals surface area contributed by atoms with E-state index >= 15 is 0 Å². The second kappa shape index (κ2) is 8.24. The van der Waals surface area contributed by atoms with Gasteiger partial charge >= 0.3 is 11.7 Å². The average molecular weight is 472 g/mol. The smallest absolute Gasteiger partial charge is 0.356 e. The number of fused-ring (bicyclic) bond motifs is 4. The van der Waals surface area contributed by atoms with Gasteiger partial charge in [-0.2, -0.15) is 0 Å². The molecule has 1 N–H and O–H groups in total. The summed E-state index contributed by atoms with van der Waals surface area (Å²) in [6.07, 6.45) is 0. The first kappa shape index (κ1) is 22.1. The summed E-state index contributed by atoms with van der Waals surface area (Å²) < 4.78 is 15.7. The van der Waals surface area contributed by atoms with E-state index in [-0.39, 0.29) is 28.4 Å². The molecule has 2 aromatic carbocycles. The van der Waals surface area contributed by atoms with Gasteiger partial charge in [0.05, 0.1) is 43.5 Å². The van der Waals surface area contributed by atoms with Gasteiger partial charge < -0.3 is 19.2 Å². The Morgan fingerprint density at radius 2 is 1.80 bits per heavy atom. The molecular weight excluding hydrogens is 452 g/mol. The standard InChI is InChI=1S/C25H20N4O6/c1-12-19-13-7-5-6-8-15(13)26-23(19)22(28-20(12)25(30)35-4)16-10-9-14-18(33-2)11-17(29(31)32)24(34-3)21(14)27-16/h5-11,26H,1-4H3. The van der Waals surface area contributed by atoms with Crippen molar-refractivity contribution in [3.8, 4) is 22.9 Å². The number of aromatic amines is 1. The van der Waals surface area contributed by atoms with Crippen LogP contribution >= 0.6 is 0 Å². The molecule has 0 aliphatic heterocycles. The highest BCUT2D eigenvalue weighted by Crippen LogP contribution is 2.42.